The minimum Gasteiger partial charge on any atom is -0.394 e. The quantitative estimate of drug-likeness (QED) is 0.851. The van der Waals surface area contributed by atoms with Crippen molar-refractivity contribution in [1.82, 2.24) is 10.2 Å². The summed E-state index contributed by atoms with van der Waals surface area (Å²) in [6.45, 7) is 2.75. The number of nitrogens with one attached hydrogen (secondary N) is 1. The number of hydrogen-bond acceptors (Lipinski definition) is 3. The van der Waals surface area contributed by atoms with Crippen molar-refractivity contribution in [3.8, 4) is 0 Å². The zero-order chi connectivity index (χ0) is 15.9. The summed E-state index contributed by atoms with van der Waals surface area (Å²) < 4.78 is 0. The van der Waals surface area contributed by atoms with Crippen molar-refractivity contribution < 1.29 is 14.7 Å². The predicted molar refractivity (Wildman–Crippen MR) is 84.1 cm³/mol. The molecule has 1 heterocycles. The van der Waals surface area contributed by atoms with Gasteiger partial charge in [-0.3, -0.25) is 9.59 Å². The van der Waals surface area contributed by atoms with Gasteiger partial charge in [0, 0.05) is 25.9 Å². The van der Waals surface area contributed by atoms with E-state index in [-0.39, 0.29) is 30.4 Å². The Hall–Kier alpha value is -1.88. The number of hydrogen-bond donors (Lipinski definition) is 2. The number of rotatable bonds is 5. The standard InChI is InChI=1S/C17H24N2O3/c1-13(21)19-9-7-15(8-10-19)17(22)18-16(12-20)11-14-5-3-2-4-6-14/h2-6,15-16,20H,7-12H2,1H3,(H,18,22). The van der Waals surface area contributed by atoms with E-state index in [4.69, 9.17) is 0 Å². The van der Waals surface area contributed by atoms with Gasteiger partial charge in [-0.2, -0.15) is 0 Å². The zero-order valence-corrected chi connectivity index (χ0v) is 13.0. The molecule has 1 fully saturated rings. The van der Waals surface area contributed by atoms with Crippen LogP contribution in [0.3, 0.4) is 0 Å². The van der Waals surface area contributed by atoms with Crippen LogP contribution < -0.4 is 5.32 Å². The Morgan fingerprint density at radius 1 is 1.27 bits per heavy atom. The topological polar surface area (TPSA) is 69.6 Å². The fourth-order valence-electron chi connectivity index (χ4n) is 2.84. The van der Waals surface area contributed by atoms with Crippen LogP contribution in [-0.2, 0) is 16.0 Å². The van der Waals surface area contributed by atoms with Gasteiger partial charge in [-0.15, -0.1) is 0 Å². The average Bonchev–Trinajstić information content (AvgIpc) is 2.55. The molecule has 2 amide bonds. The Kier molecular flexibility index (Phi) is 5.95. The summed E-state index contributed by atoms with van der Waals surface area (Å²) in [5, 5.41) is 12.4. The monoisotopic (exact) mass is 304 g/mol. The predicted octanol–water partition coefficient (Wildman–Crippen LogP) is 0.965. The molecule has 0 aliphatic carbocycles. The van der Waals surface area contributed by atoms with Crippen LogP contribution in [0.1, 0.15) is 25.3 Å². The number of benzene rings is 1. The normalized spacial score (nSPS) is 17.1. The molecule has 1 atom stereocenters. The molecule has 1 unspecified atom stereocenters. The number of aliphatic hydroxyl groups is 1. The summed E-state index contributed by atoms with van der Waals surface area (Å²) in [7, 11) is 0. The second kappa shape index (κ2) is 7.94. The van der Waals surface area contributed by atoms with Crippen molar-refractivity contribution in [3.05, 3.63) is 35.9 Å². The first kappa shape index (κ1) is 16.5. The van der Waals surface area contributed by atoms with Gasteiger partial charge in [-0.25, -0.2) is 0 Å². The number of likely N-dealkylation sites (tertiary alicyclic amines) is 1. The van der Waals surface area contributed by atoms with Gasteiger partial charge in [0.1, 0.15) is 0 Å². The largest absolute Gasteiger partial charge is 0.394 e. The molecule has 0 radical (unpaired) electrons. The lowest BCUT2D eigenvalue weighted by molar-refractivity contribution is -0.134. The van der Waals surface area contributed by atoms with Crippen LogP contribution in [-0.4, -0.2) is 47.6 Å². The summed E-state index contributed by atoms with van der Waals surface area (Å²) in [6.07, 6.45) is 2.00. The van der Waals surface area contributed by atoms with Gasteiger partial charge in [-0.1, -0.05) is 30.3 Å². The molecule has 120 valence electrons. The summed E-state index contributed by atoms with van der Waals surface area (Å²) >= 11 is 0. The van der Waals surface area contributed by atoms with Gasteiger partial charge in [0.05, 0.1) is 12.6 Å². The first-order chi connectivity index (χ1) is 10.6. The first-order valence-electron chi connectivity index (χ1n) is 7.81. The Morgan fingerprint density at radius 3 is 2.45 bits per heavy atom. The molecule has 2 rings (SSSR count). The third-order valence-corrected chi connectivity index (χ3v) is 4.20. The molecule has 1 saturated heterocycles. The number of nitrogens with zero attached hydrogens (tertiary/aromatic N) is 1. The lowest BCUT2D eigenvalue weighted by Gasteiger charge is -2.31. The molecule has 1 aromatic carbocycles. The molecule has 5 heteroatoms. The maximum Gasteiger partial charge on any atom is 0.223 e. The molecule has 22 heavy (non-hydrogen) atoms. The molecule has 1 aliphatic rings. The van der Waals surface area contributed by atoms with Gasteiger partial charge in [0.25, 0.3) is 0 Å². The van der Waals surface area contributed by atoms with Crippen molar-refractivity contribution in [2.24, 2.45) is 5.92 Å². The van der Waals surface area contributed by atoms with Crippen LogP contribution in [0.4, 0.5) is 0 Å². The van der Waals surface area contributed by atoms with Crippen molar-refractivity contribution in [1.29, 1.82) is 0 Å². The Balaban J connectivity index is 1.83. The minimum atomic E-state index is -0.263. The summed E-state index contributed by atoms with van der Waals surface area (Å²) in [5.41, 5.74) is 1.09. The van der Waals surface area contributed by atoms with Crippen molar-refractivity contribution >= 4 is 11.8 Å². The SMILES string of the molecule is CC(=O)N1CCC(C(=O)NC(CO)Cc2ccccc2)CC1. The van der Waals surface area contributed by atoms with E-state index in [0.29, 0.717) is 32.4 Å². The maximum atomic E-state index is 12.3. The second-order valence-corrected chi connectivity index (χ2v) is 5.86. The molecule has 0 saturated carbocycles. The zero-order valence-electron chi connectivity index (χ0n) is 13.0. The fraction of sp³-hybridized carbons (Fsp3) is 0.529. The first-order valence-corrected chi connectivity index (χ1v) is 7.81. The summed E-state index contributed by atoms with van der Waals surface area (Å²) in [6, 6.07) is 9.55. The fourth-order valence-corrected chi connectivity index (χ4v) is 2.84. The van der Waals surface area contributed by atoms with Crippen LogP contribution in [0.5, 0.6) is 0 Å². The van der Waals surface area contributed by atoms with Crippen LogP contribution in [0.25, 0.3) is 0 Å². The molecule has 0 spiro atoms. The van der Waals surface area contributed by atoms with E-state index in [1.54, 1.807) is 11.8 Å². The van der Waals surface area contributed by atoms with Crippen molar-refractivity contribution in [3.63, 3.8) is 0 Å². The smallest absolute Gasteiger partial charge is 0.223 e. The van der Waals surface area contributed by atoms with E-state index in [2.05, 4.69) is 5.32 Å². The number of aliphatic hydroxyl groups excluding tert-OH is 1. The highest BCUT2D eigenvalue weighted by atomic mass is 16.3. The number of amides is 2. The second-order valence-electron chi connectivity index (χ2n) is 5.86. The van der Waals surface area contributed by atoms with Crippen molar-refractivity contribution in [2.75, 3.05) is 19.7 Å². The van der Waals surface area contributed by atoms with E-state index < -0.39 is 0 Å². The van der Waals surface area contributed by atoms with Crippen LogP contribution >= 0.6 is 0 Å². The Bertz CT molecular complexity index is 496. The van der Waals surface area contributed by atoms with E-state index in [1.807, 2.05) is 30.3 Å². The molecular weight excluding hydrogens is 280 g/mol. The third kappa shape index (κ3) is 4.56. The van der Waals surface area contributed by atoms with E-state index in [9.17, 15) is 14.7 Å². The maximum absolute atomic E-state index is 12.3. The lowest BCUT2D eigenvalue weighted by Crippen LogP contribution is -2.46. The summed E-state index contributed by atoms with van der Waals surface area (Å²) in [4.78, 5) is 25.4. The van der Waals surface area contributed by atoms with Crippen LogP contribution in [0.15, 0.2) is 30.3 Å². The van der Waals surface area contributed by atoms with Crippen molar-refractivity contribution in [2.45, 2.75) is 32.2 Å². The number of carbonyl (C=O) groups is 2. The molecular formula is C17H24N2O3. The molecule has 1 aromatic rings. The summed E-state index contributed by atoms with van der Waals surface area (Å²) in [5.74, 6) is -0.0187. The Labute approximate surface area is 131 Å². The number of carbonyl (C=O) groups excluding carboxylic acids is 2. The molecule has 1 aliphatic heterocycles. The van der Waals surface area contributed by atoms with Gasteiger partial charge in [-0.05, 0) is 24.8 Å². The third-order valence-electron chi connectivity index (χ3n) is 4.20. The highest BCUT2D eigenvalue weighted by molar-refractivity contribution is 5.79. The average molecular weight is 304 g/mol. The number of piperidine rings is 1. The van der Waals surface area contributed by atoms with E-state index in [1.165, 1.54) is 0 Å². The Morgan fingerprint density at radius 2 is 1.91 bits per heavy atom. The van der Waals surface area contributed by atoms with Crippen LogP contribution in [0, 0.1) is 5.92 Å². The van der Waals surface area contributed by atoms with Gasteiger partial charge in [0.2, 0.25) is 11.8 Å². The van der Waals surface area contributed by atoms with Crippen LogP contribution in [0.2, 0.25) is 0 Å². The molecule has 0 bridgehead atoms. The van der Waals surface area contributed by atoms with Gasteiger partial charge in [0.15, 0.2) is 0 Å². The van der Waals surface area contributed by atoms with E-state index in [0.717, 1.165) is 5.56 Å². The molecule has 5 nitrogen and oxygen atoms in total. The molecule has 2 N–H and O–H groups in total. The highest BCUT2D eigenvalue weighted by Gasteiger charge is 2.27. The molecule has 0 aromatic heterocycles. The van der Waals surface area contributed by atoms with Gasteiger partial charge < -0.3 is 15.3 Å². The van der Waals surface area contributed by atoms with E-state index >= 15 is 0 Å². The highest BCUT2D eigenvalue weighted by Crippen LogP contribution is 2.17. The van der Waals surface area contributed by atoms with Gasteiger partial charge >= 0.3 is 0 Å². The minimum absolute atomic E-state index is 0.0156. The lowest BCUT2D eigenvalue weighted by atomic mass is 9.95.